The summed E-state index contributed by atoms with van der Waals surface area (Å²) in [6.07, 6.45) is 1.96. The molecule has 1 aromatic carbocycles. The van der Waals surface area contributed by atoms with E-state index in [0.717, 1.165) is 18.4 Å². The van der Waals surface area contributed by atoms with Crippen molar-refractivity contribution in [3.05, 3.63) is 34.9 Å². The Morgan fingerprint density at radius 1 is 1.44 bits per heavy atom. The zero-order chi connectivity index (χ0) is 11.8. The zero-order valence-corrected chi connectivity index (χ0v) is 10.2. The van der Waals surface area contributed by atoms with E-state index in [9.17, 15) is 4.79 Å². The first-order chi connectivity index (χ1) is 7.53. The number of carbonyl (C=O) groups excluding carboxylic acids is 1. The maximum Gasteiger partial charge on any atom is 0.317 e. The molecule has 0 radical (unpaired) electrons. The van der Waals surface area contributed by atoms with E-state index >= 15 is 0 Å². The van der Waals surface area contributed by atoms with E-state index < -0.39 is 0 Å². The standard InChI is InChI=1S/C12H15ClN2O/c1-15(2)11(16)14-12(6-7-12)9-4-3-5-10(13)8-9/h3-5,8H,6-7H2,1-2H3,(H,14,16). The fraction of sp³-hybridized carbons (Fsp3) is 0.417. The Morgan fingerprint density at radius 3 is 2.62 bits per heavy atom. The molecule has 86 valence electrons. The Labute approximate surface area is 100 Å². The van der Waals surface area contributed by atoms with Crippen LogP contribution in [0.5, 0.6) is 0 Å². The van der Waals surface area contributed by atoms with E-state index in [2.05, 4.69) is 5.32 Å². The molecule has 3 nitrogen and oxygen atoms in total. The van der Waals surface area contributed by atoms with Crippen molar-refractivity contribution in [3.8, 4) is 0 Å². The summed E-state index contributed by atoms with van der Waals surface area (Å²) >= 11 is 5.95. The second-order valence-corrected chi connectivity index (χ2v) is 4.85. The van der Waals surface area contributed by atoms with Gasteiger partial charge in [0.25, 0.3) is 0 Å². The molecule has 0 aromatic heterocycles. The first-order valence-electron chi connectivity index (χ1n) is 5.29. The Bertz CT molecular complexity index is 413. The molecule has 1 aromatic rings. The van der Waals surface area contributed by atoms with Crippen LogP contribution in [0.3, 0.4) is 0 Å². The highest BCUT2D eigenvalue weighted by atomic mass is 35.5. The van der Waals surface area contributed by atoms with Crippen LogP contribution in [0.25, 0.3) is 0 Å². The number of hydrogen-bond acceptors (Lipinski definition) is 1. The van der Waals surface area contributed by atoms with Crippen molar-refractivity contribution in [2.45, 2.75) is 18.4 Å². The lowest BCUT2D eigenvalue weighted by Crippen LogP contribution is -2.41. The van der Waals surface area contributed by atoms with Gasteiger partial charge in [-0.15, -0.1) is 0 Å². The lowest BCUT2D eigenvalue weighted by Gasteiger charge is -2.21. The number of amides is 2. The van der Waals surface area contributed by atoms with Gasteiger partial charge < -0.3 is 10.2 Å². The largest absolute Gasteiger partial charge is 0.331 e. The molecule has 0 unspecified atom stereocenters. The van der Waals surface area contributed by atoms with Crippen LogP contribution in [0, 0.1) is 0 Å². The van der Waals surface area contributed by atoms with Crippen molar-refractivity contribution < 1.29 is 4.79 Å². The molecule has 0 aliphatic heterocycles. The van der Waals surface area contributed by atoms with Crippen molar-refractivity contribution in [1.82, 2.24) is 10.2 Å². The van der Waals surface area contributed by atoms with Crippen LogP contribution >= 0.6 is 11.6 Å². The third-order valence-electron chi connectivity index (χ3n) is 2.88. The summed E-state index contributed by atoms with van der Waals surface area (Å²) in [5.41, 5.74) is 0.905. The van der Waals surface area contributed by atoms with Crippen LogP contribution in [0.1, 0.15) is 18.4 Å². The smallest absolute Gasteiger partial charge is 0.317 e. The SMILES string of the molecule is CN(C)C(=O)NC1(c2cccc(Cl)c2)CC1. The van der Waals surface area contributed by atoms with Crippen molar-refractivity contribution in [1.29, 1.82) is 0 Å². The molecule has 1 aliphatic rings. The normalized spacial score (nSPS) is 16.7. The molecule has 0 spiro atoms. The van der Waals surface area contributed by atoms with Gasteiger partial charge in [-0.2, -0.15) is 0 Å². The van der Waals surface area contributed by atoms with Crippen LogP contribution in [-0.4, -0.2) is 25.0 Å². The molecular formula is C12H15ClN2O. The molecule has 2 rings (SSSR count). The van der Waals surface area contributed by atoms with Gasteiger partial charge in [-0.1, -0.05) is 23.7 Å². The number of nitrogens with zero attached hydrogens (tertiary/aromatic N) is 1. The number of halogens is 1. The fourth-order valence-corrected chi connectivity index (χ4v) is 1.90. The van der Waals surface area contributed by atoms with E-state index in [0.29, 0.717) is 5.02 Å². The molecule has 16 heavy (non-hydrogen) atoms. The predicted octanol–water partition coefficient (Wildman–Crippen LogP) is 2.60. The number of benzene rings is 1. The third kappa shape index (κ3) is 2.14. The first kappa shape index (κ1) is 11.3. The van der Waals surface area contributed by atoms with Crippen LogP contribution < -0.4 is 5.32 Å². The summed E-state index contributed by atoms with van der Waals surface area (Å²) in [5.74, 6) is 0. The van der Waals surface area contributed by atoms with Gasteiger partial charge in [-0.3, -0.25) is 0 Å². The van der Waals surface area contributed by atoms with Gasteiger partial charge in [-0.05, 0) is 30.5 Å². The van der Waals surface area contributed by atoms with Crippen LogP contribution in [0.4, 0.5) is 4.79 Å². The average Bonchev–Trinajstić information content (AvgIpc) is 2.99. The highest BCUT2D eigenvalue weighted by molar-refractivity contribution is 6.30. The maximum absolute atomic E-state index is 11.6. The third-order valence-corrected chi connectivity index (χ3v) is 3.11. The maximum atomic E-state index is 11.6. The number of urea groups is 1. The number of nitrogens with one attached hydrogen (secondary N) is 1. The van der Waals surface area contributed by atoms with Gasteiger partial charge in [0.05, 0.1) is 5.54 Å². The van der Waals surface area contributed by atoms with Crippen molar-refractivity contribution in [3.63, 3.8) is 0 Å². The average molecular weight is 239 g/mol. The molecule has 0 heterocycles. The molecule has 0 saturated heterocycles. The number of carbonyl (C=O) groups is 1. The quantitative estimate of drug-likeness (QED) is 0.844. The Balaban J connectivity index is 2.17. The number of rotatable bonds is 2. The first-order valence-corrected chi connectivity index (χ1v) is 5.67. The minimum Gasteiger partial charge on any atom is -0.331 e. The molecule has 1 fully saturated rings. The highest BCUT2D eigenvalue weighted by Crippen LogP contribution is 2.46. The van der Waals surface area contributed by atoms with E-state index in [1.807, 2.05) is 24.3 Å². The number of hydrogen-bond donors (Lipinski definition) is 1. The van der Waals surface area contributed by atoms with Crippen molar-refractivity contribution >= 4 is 17.6 Å². The van der Waals surface area contributed by atoms with Crippen LogP contribution in [0.2, 0.25) is 5.02 Å². The van der Waals surface area contributed by atoms with E-state index in [1.54, 1.807) is 19.0 Å². The van der Waals surface area contributed by atoms with E-state index in [4.69, 9.17) is 11.6 Å². The Morgan fingerprint density at radius 2 is 2.12 bits per heavy atom. The Hall–Kier alpha value is -1.22. The lowest BCUT2D eigenvalue weighted by atomic mass is 10.1. The molecule has 1 aliphatic carbocycles. The van der Waals surface area contributed by atoms with Gasteiger partial charge >= 0.3 is 6.03 Å². The summed E-state index contributed by atoms with van der Waals surface area (Å²) in [5, 5.41) is 3.75. The van der Waals surface area contributed by atoms with Gasteiger partial charge in [-0.25, -0.2) is 4.79 Å². The molecule has 1 N–H and O–H groups in total. The van der Waals surface area contributed by atoms with Crippen molar-refractivity contribution in [2.75, 3.05) is 14.1 Å². The fourth-order valence-electron chi connectivity index (χ4n) is 1.71. The summed E-state index contributed by atoms with van der Waals surface area (Å²) < 4.78 is 0. The summed E-state index contributed by atoms with van der Waals surface area (Å²) in [4.78, 5) is 13.2. The second-order valence-electron chi connectivity index (χ2n) is 4.42. The molecule has 0 atom stereocenters. The van der Waals surface area contributed by atoms with E-state index in [-0.39, 0.29) is 11.6 Å². The second kappa shape index (κ2) is 3.98. The minimum atomic E-state index is -0.188. The molecule has 1 saturated carbocycles. The van der Waals surface area contributed by atoms with Crippen LogP contribution in [0.15, 0.2) is 24.3 Å². The molecule has 2 amide bonds. The lowest BCUT2D eigenvalue weighted by molar-refractivity contribution is 0.211. The summed E-state index contributed by atoms with van der Waals surface area (Å²) in [6, 6.07) is 7.63. The van der Waals surface area contributed by atoms with Gasteiger partial charge in [0, 0.05) is 19.1 Å². The topological polar surface area (TPSA) is 32.3 Å². The Kier molecular flexibility index (Phi) is 2.80. The summed E-state index contributed by atoms with van der Waals surface area (Å²) in [7, 11) is 3.48. The van der Waals surface area contributed by atoms with Crippen molar-refractivity contribution in [2.24, 2.45) is 0 Å². The summed E-state index contributed by atoms with van der Waals surface area (Å²) in [6.45, 7) is 0. The molecule has 4 heteroatoms. The van der Waals surface area contributed by atoms with Gasteiger partial charge in [0.15, 0.2) is 0 Å². The molecular weight excluding hydrogens is 224 g/mol. The van der Waals surface area contributed by atoms with Gasteiger partial charge in [0.2, 0.25) is 0 Å². The van der Waals surface area contributed by atoms with Crippen LogP contribution in [-0.2, 0) is 5.54 Å². The van der Waals surface area contributed by atoms with Gasteiger partial charge in [0.1, 0.15) is 0 Å². The monoisotopic (exact) mass is 238 g/mol. The minimum absolute atomic E-state index is 0.0579. The predicted molar refractivity (Wildman–Crippen MR) is 64.6 cm³/mol. The molecule has 0 bridgehead atoms. The van der Waals surface area contributed by atoms with E-state index in [1.165, 1.54) is 0 Å². The highest BCUT2D eigenvalue weighted by Gasteiger charge is 2.45. The zero-order valence-electron chi connectivity index (χ0n) is 9.46.